The summed E-state index contributed by atoms with van der Waals surface area (Å²) in [6.07, 6.45) is 9.61. The van der Waals surface area contributed by atoms with E-state index in [1.54, 1.807) is 0 Å². The van der Waals surface area contributed by atoms with Gasteiger partial charge in [-0.1, -0.05) is 96.9 Å². The molecule has 1 rings (SSSR count). The van der Waals surface area contributed by atoms with Crippen LogP contribution in [-0.4, -0.2) is 0 Å². The molecule has 112 valence electrons. The lowest BCUT2D eigenvalue weighted by molar-refractivity contribution is 0.702. The summed E-state index contributed by atoms with van der Waals surface area (Å²) in [4.78, 5) is 0. The summed E-state index contributed by atoms with van der Waals surface area (Å²) in [6.45, 7) is 13.1. The van der Waals surface area contributed by atoms with Crippen LogP contribution in [0.3, 0.4) is 0 Å². The minimum Gasteiger partial charge on any atom is -0.0654 e. The van der Waals surface area contributed by atoms with Crippen molar-refractivity contribution in [3.05, 3.63) is 35.4 Å². The van der Waals surface area contributed by atoms with E-state index >= 15 is 0 Å². The Bertz CT molecular complexity index is 235. The first-order chi connectivity index (χ1) is 9.13. The first kappa shape index (κ1) is 20.5. The molecule has 0 spiro atoms. The van der Waals surface area contributed by atoms with Crippen molar-refractivity contribution in [2.75, 3.05) is 0 Å². The summed E-state index contributed by atoms with van der Waals surface area (Å²) >= 11 is 0. The highest BCUT2D eigenvalue weighted by atomic mass is 13.9. The lowest BCUT2D eigenvalue weighted by atomic mass is 10.1. The van der Waals surface area contributed by atoms with Crippen LogP contribution in [0, 0.1) is 13.8 Å². The summed E-state index contributed by atoms with van der Waals surface area (Å²) in [6, 6.07) is 8.36. The average molecular weight is 264 g/mol. The Morgan fingerprint density at radius 1 is 0.579 bits per heavy atom. The van der Waals surface area contributed by atoms with Crippen molar-refractivity contribution in [2.45, 2.75) is 86.5 Å². The molecule has 0 aliphatic carbocycles. The molecule has 0 unspecified atom stereocenters. The predicted octanol–water partition coefficient (Wildman–Crippen LogP) is 7.09. The largest absolute Gasteiger partial charge is 0.0654 e. The third-order valence-corrected chi connectivity index (χ3v) is 3.09. The molecule has 0 aromatic heterocycles. The van der Waals surface area contributed by atoms with Crippen LogP contribution >= 0.6 is 0 Å². The topological polar surface area (TPSA) is 0 Å². The molecule has 19 heavy (non-hydrogen) atoms. The van der Waals surface area contributed by atoms with Gasteiger partial charge in [0.15, 0.2) is 0 Å². The molecule has 1 aromatic rings. The third-order valence-electron chi connectivity index (χ3n) is 3.09. The predicted molar refractivity (Wildman–Crippen MR) is 90.9 cm³/mol. The van der Waals surface area contributed by atoms with Crippen LogP contribution in [-0.2, 0) is 0 Å². The molecule has 0 N–H and O–H groups in total. The second-order valence-corrected chi connectivity index (χ2v) is 5.14. The molecule has 0 atom stereocenters. The minimum atomic E-state index is 1.34. The van der Waals surface area contributed by atoms with Gasteiger partial charge in [-0.25, -0.2) is 0 Å². The summed E-state index contributed by atoms with van der Waals surface area (Å²) in [7, 11) is 0. The zero-order valence-corrected chi connectivity index (χ0v) is 14.3. The number of unbranched alkanes of at least 4 members (excludes halogenated alkanes) is 5. The quantitative estimate of drug-likeness (QED) is 0.498. The Labute approximate surface area is 122 Å². The second-order valence-electron chi connectivity index (χ2n) is 5.14. The van der Waals surface area contributed by atoms with E-state index in [0.29, 0.717) is 0 Å². The first-order valence-electron chi connectivity index (χ1n) is 8.16. The summed E-state index contributed by atoms with van der Waals surface area (Å²) in [5, 5.41) is 0. The van der Waals surface area contributed by atoms with Gasteiger partial charge >= 0.3 is 0 Å². The van der Waals surface area contributed by atoms with E-state index in [4.69, 9.17) is 0 Å². The van der Waals surface area contributed by atoms with Gasteiger partial charge in [0.2, 0.25) is 0 Å². The lowest BCUT2D eigenvalue weighted by Crippen LogP contribution is -1.74. The molecule has 0 heterocycles. The number of aryl methyl sites for hydroxylation is 2. The normalized spacial score (nSPS) is 8.95. The Morgan fingerprint density at radius 2 is 0.895 bits per heavy atom. The highest BCUT2D eigenvalue weighted by molar-refractivity contribution is 5.23. The standard InChI is InChI=1S/C8H10.C6H14.C5H12/c1-7-5-3-4-6-8(7)2;1-3-5-6-4-2;1-3-5-4-2/h3-6H,1-2H3;3-6H2,1-2H3;3-5H2,1-2H3. The van der Waals surface area contributed by atoms with Crippen LogP contribution < -0.4 is 0 Å². The van der Waals surface area contributed by atoms with Gasteiger partial charge in [0.05, 0.1) is 0 Å². The molecule has 1 aromatic carbocycles. The van der Waals surface area contributed by atoms with Crippen molar-refractivity contribution in [3.8, 4) is 0 Å². The second kappa shape index (κ2) is 17.2. The minimum absolute atomic E-state index is 1.34. The van der Waals surface area contributed by atoms with Crippen molar-refractivity contribution in [1.82, 2.24) is 0 Å². The molecule has 0 aliphatic heterocycles. The Balaban J connectivity index is 0. The molecule has 0 aliphatic rings. The Hall–Kier alpha value is -0.780. The lowest BCUT2D eigenvalue weighted by Gasteiger charge is -1.93. The number of hydrogen-bond acceptors (Lipinski definition) is 0. The summed E-state index contributed by atoms with van der Waals surface area (Å²) in [5.41, 5.74) is 2.74. The molecule has 0 nitrogen and oxygen atoms in total. The van der Waals surface area contributed by atoms with Gasteiger partial charge in [0.25, 0.3) is 0 Å². The van der Waals surface area contributed by atoms with Gasteiger partial charge < -0.3 is 0 Å². The first-order valence-corrected chi connectivity index (χ1v) is 8.16. The van der Waals surface area contributed by atoms with Gasteiger partial charge in [0, 0.05) is 0 Å². The van der Waals surface area contributed by atoms with Gasteiger partial charge in [0.1, 0.15) is 0 Å². The van der Waals surface area contributed by atoms with E-state index in [-0.39, 0.29) is 0 Å². The van der Waals surface area contributed by atoms with Crippen molar-refractivity contribution in [3.63, 3.8) is 0 Å². The van der Waals surface area contributed by atoms with Gasteiger partial charge in [-0.15, -0.1) is 0 Å². The van der Waals surface area contributed by atoms with E-state index in [2.05, 4.69) is 65.8 Å². The van der Waals surface area contributed by atoms with Crippen molar-refractivity contribution >= 4 is 0 Å². The zero-order valence-electron chi connectivity index (χ0n) is 14.3. The van der Waals surface area contributed by atoms with E-state index in [1.165, 1.54) is 56.1 Å². The number of hydrogen-bond donors (Lipinski definition) is 0. The summed E-state index contributed by atoms with van der Waals surface area (Å²) < 4.78 is 0. The maximum Gasteiger partial charge on any atom is -0.0395 e. The van der Waals surface area contributed by atoms with Crippen molar-refractivity contribution in [1.29, 1.82) is 0 Å². The fourth-order valence-electron chi connectivity index (χ4n) is 1.52. The maximum atomic E-state index is 2.23. The average Bonchev–Trinajstić information content (AvgIpc) is 2.42. The molecule has 0 fully saturated rings. The Morgan fingerprint density at radius 3 is 1.05 bits per heavy atom. The van der Waals surface area contributed by atoms with E-state index in [1.807, 2.05) is 0 Å². The highest BCUT2D eigenvalue weighted by Crippen LogP contribution is 2.02. The Kier molecular flexibility index (Phi) is 18.6. The molecular weight excluding hydrogens is 228 g/mol. The smallest absolute Gasteiger partial charge is 0.0395 e. The SMILES string of the molecule is CCCCC.CCCCCC.Cc1ccccc1C. The zero-order chi connectivity index (χ0) is 14.9. The van der Waals surface area contributed by atoms with Crippen LogP contribution in [0.2, 0.25) is 0 Å². The van der Waals surface area contributed by atoms with Gasteiger partial charge in [-0.3, -0.25) is 0 Å². The molecular formula is C19H36. The maximum absolute atomic E-state index is 2.23. The highest BCUT2D eigenvalue weighted by Gasteiger charge is 1.83. The fourth-order valence-corrected chi connectivity index (χ4v) is 1.52. The van der Waals surface area contributed by atoms with Crippen LogP contribution in [0.1, 0.15) is 83.8 Å². The van der Waals surface area contributed by atoms with E-state index in [9.17, 15) is 0 Å². The van der Waals surface area contributed by atoms with Crippen LogP contribution in [0.15, 0.2) is 24.3 Å². The van der Waals surface area contributed by atoms with Crippen molar-refractivity contribution in [2.24, 2.45) is 0 Å². The van der Waals surface area contributed by atoms with Crippen LogP contribution in [0.25, 0.3) is 0 Å². The van der Waals surface area contributed by atoms with Crippen LogP contribution in [0.5, 0.6) is 0 Å². The number of rotatable bonds is 5. The molecule has 0 bridgehead atoms. The summed E-state index contributed by atoms with van der Waals surface area (Å²) in [5.74, 6) is 0. The van der Waals surface area contributed by atoms with E-state index in [0.717, 1.165) is 0 Å². The van der Waals surface area contributed by atoms with Gasteiger partial charge in [-0.2, -0.15) is 0 Å². The molecule has 0 saturated heterocycles. The third kappa shape index (κ3) is 17.2. The molecule has 0 heteroatoms. The fraction of sp³-hybridized carbons (Fsp3) is 0.684. The molecule has 0 saturated carbocycles. The van der Waals surface area contributed by atoms with Gasteiger partial charge in [-0.05, 0) is 25.0 Å². The molecule has 0 amide bonds. The number of benzene rings is 1. The van der Waals surface area contributed by atoms with E-state index < -0.39 is 0 Å². The monoisotopic (exact) mass is 264 g/mol. The van der Waals surface area contributed by atoms with Crippen LogP contribution in [0.4, 0.5) is 0 Å². The molecule has 0 radical (unpaired) electrons. The van der Waals surface area contributed by atoms with Crippen molar-refractivity contribution < 1.29 is 0 Å².